The molecule has 0 fully saturated rings. The average molecular weight is 227 g/mol. The van der Waals surface area contributed by atoms with Gasteiger partial charge in [0.2, 0.25) is 5.95 Å². The lowest BCUT2D eigenvalue weighted by atomic mass is 10.6. The normalized spacial score (nSPS) is 10.4. The van der Waals surface area contributed by atoms with E-state index in [1.165, 1.54) is 23.1 Å². The van der Waals surface area contributed by atoms with Crippen LogP contribution in [0.3, 0.4) is 0 Å². The van der Waals surface area contributed by atoms with Gasteiger partial charge in [-0.3, -0.25) is 0 Å². The van der Waals surface area contributed by atoms with Gasteiger partial charge in [-0.05, 0) is 11.4 Å². The standard InChI is InChI=1S/C8H6FN3S2/c9-5-4-11-8(10)12-7(5)14-6-2-1-3-13-6/h1-4H,(H2,10,11,12). The smallest absolute Gasteiger partial charge is 0.221 e. The summed E-state index contributed by atoms with van der Waals surface area (Å²) in [6.07, 6.45) is 1.08. The van der Waals surface area contributed by atoms with Crippen molar-refractivity contribution < 1.29 is 4.39 Å². The Morgan fingerprint density at radius 3 is 3.07 bits per heavy atom. The van der Waals surface area contributed by atoms with Crippen molar-refractivity contribution in [2.45, 2.75) is 9.24 Å². The first-order chi connectivity index (χ1) is 6.75. The van der Waals surface area contributed by atoms with Crippen molar-refractivity contribution in [2.24, 2.45) is 0 Å². The van der Waals surface area contributed by atoms with E-state index in [-0.39, 0.29) is 11.0 Å². The number of nitrogens with zero attached hydrogens (tertiary/aromatic N) is 2. The zero-order valence-corrected chi connectivity index (χ0v) is 8.61. The minimum atomic E-state index is -0.447. The predicted octanol–water partition coefficient (Wildman–Crippen LogP) is 2.41. The second-order valence-electron chi connectivity index (χ2n) is 2.42. The molecule has 0 amide bonds. The largest absolute Gasteiger partial charge is 0.368 e. The van der Waals surface area contributed by atoms with Crippen molar-refractivity contribution >= 4 is 29.0 Å². The summed E-state index contributed by atoms with van der Waals surface area (Å²) in [7, 11) is 0. The summed E-state index contributed by atoms with van der Waals surface area (Å²) >= 11 is 2.77. The first-order valence-electron chi connectivity index (χ1n) is 3.75. The maximum atomic E-state index is 13.2. The van der Waals surface area contributed by atoms with Crippen LogP contribution in [-0.2, 0) is 0 Å². The Bertz CT molecular complexity index is 430. The van der Waals surface area contributed by atoms with Crippen LogP contribution in [0.1, 0.15) is 0 Å². The third-order valence-electron chi connectivity index (χ3n) is 1.42. The summed E-state index contributed by atoms with van der Waals surface area (Å²) in [6, 6.07) is 3.79. The number of halogens is 1. The molecule has 0 bridgehead atoms. The van der Waals surface area contributed by atoms with Crippen LogP contribution in [0.15, 0.2) is 32.9 Å². The molecule has 0 spiro atoms. The van der Waals surface area contributed by atoms with Gasteiger partial charge in [-0.2, -0.15) is 0 Å². The lowest BCUT2D eigenvalue weighted by molar-refractivity contribution is 0.580. The van der Waals surface area contributed by atoms with Crippen molar-refractivity contribution in [1.29, 1.82) is 0 Å². The third kappa shape index (κ3) is 2.02. The number of rotatable bonds is 2. The van der Waals surface area contributed by atoms with Crippen LogP contribution < -0.4 is 5.73 Å². The van der Waals surface area contributed by atoms with Crippen LogP contribution in [-0.4, -0.2) is 9.97 Å². The molecule has 2 aromatic heterocycles. The fourth-order valence-electron chi connectivity index (χ4n) is 0.853. The number of aromatic nitrogens is 2. The maximum absolute atomic E-state index is 13.2. The summed E-state index contributed by atoms with van der Waals surface area (Å²) in [5.74, 6) is -0.358. The molecule has 0 aliphatic rings. The molecular weight excluding hydrogens is 221 g/mol. The van der Waals surface area contributed by atoms with Gasteiger partial charge in [0.15, 0.2) is 5.82 Å². The first kappa shape index (κ1) is 9.42. The fraction of sp³-hybridized carbons (Fsp3) is 0. The number of hydrogen-bond donors (Lipinski definition) is 1. The zero-order valence-electron chi connectivity index (χ0n) is 6.98. The molecule has 2 N–H and O–H groups in total. The SMILES string of the molecule is Nc1ncc(F)c(Sc2cccs2)n1. The van der Waals surface area contributed by atoms with Crippen molar-refractivity contribution in [3.63, 3.8) is 0 Å². The highest BCUT2D eigenvalue weighted by Crippen LogP contribution is 2.31. The number of thiophene rings is 1. The highest BCUT2D eigenvalue weighted by Gasteiger charge is 2.07. The van der Waals surface area contributed by atoms with Crippen molar-refractivity contribution in [3.05, 3.63) is 29.5 Å². The number of nitrogen functional groups attached to an aromatic ring is 1. The summed E-state index contributed by atoms with van der Waals surface area (Å²) in [5, 5.41) is 2.19. The fourth-order valence-corrected chi connectivity index (χ4v) is 2.52. The second kappa shape index (κ2) is 3.93. The Labute approximate surface area is 88.2 Å². The van der Waals surface area contributed by atoms with Crippen LogP contribution in [0.2, 0.25) is 0 Å². The molecule has 0 radical (unpaired) electrons. The Morgan fingerprint density at radius 2 is 2.36 bits per heavy atom. The minimum absolute atomic E-state index is 0.0884. The number of nitrogens with two attached hydrogens (primary N) is 1. The van der Waals surface area contributed by atoms with Gasteiger partial charge in [0.05, 0.1) is 10.4 Å². The molecule has 0 saturated heterocycles. The zero-order chi connectivity index (χ0) is 9.97. The molecule has 3 nitrogen and oxygen atoms in total. The molecule has 0 aliphatic carbocycles. The summed E-state index contributed by atoms with van der Waals surface area (Å²) in [4.78, 5) is 7.36. The van der Waals surface area contributed by atoms with Gasteiger partial charge >= 0.3 is 0 Å². The van der Waals surface area contributed by atoms with Crippen LogP contribution in [0.4, 0.5) is 10.3 Å². The van der Waals surface area contributed by atoms with Gasteiger partial charge < -0.3 is 5.73 Å². The van der Waals surface area contributed by atoms with Crippen LogP contribution in [0, 0.1) is 5.82 Å². The Morgan fingerprint density at radius 1 is 1.50 bits per heavy atom. The van der Waals surface area contributed by atoms with Gasteiger partial charge in [0, 0.05) is 0 Å². The van der Waals surface area contributed by atoms with Crippen molar-refractivity contribution in [2.75, 3.05) is 5.73 Å². The van der Waals surface area contributed by atoms with Gasteiger partial charge in [0.1, 0.15) is 5.03 Å². The Balaban J connectivity index is 2.28. The molecule has 2 aromatic rings. The molecule has 0 unspecified atom stereocenters. The van der Waals surface area contributed by atoms with Crippen LogP contribution in [0.5, 0.6) is 0 Å². The first-order valence-corrected chi connectivity index (χ1v) is 5.44. The average Bonchev–Trinajstić information content (AvgIpc) is 2.64. The van der Waals surface area contributed by atoms with E-state index >= 15 is 0 Å². The topological polar surface area (TPSA) is 51.8 Å². The van der Waals surface area contributed by atoms with E-state index in [0.29, 0.717) is 0 Å². The molecule has 2 rings (SSSR count). The van der Waals surface area contributed by atoms with Gasteiger partial charge in [-0.15, -0.1) is 11.3 Å². The molecular formula is C8H6FN3S2. The lowest BCUT2D eigenvalue weighted by Gasteiger charge is -1.99. The van der Waals surface area contributed by atoms with E-state index in [2.05, 4.69) is 9.97 Å². The van der Waals surface area contributed by atoms with Gasteiger partial charge in [-0.25, -0.2) is 14.4 Å². The molecule has 2 heterocycles. The number of hydrogen-bond acceptors (Lipinski definition) is 5. The van der Waals surface area contributed by atoms with Crippen LogP contribution >= 0.6 is 23.1 Å². The van der Waals surface area contributed by atoms with Crippen molar-refractivity contribution in [1.82, 2.24) is 9.97 Å². The summed E-state index contributed by atoms with van der Waals surface area (Å²) < 4.78 is 14.1. The van der Waals surface area contributed by atoms with E-state index in [4.69, 9.17) is 5.73 Å². The molecule has 14 heavy (non-hydrogen) atoms. The second-order valence-corrected chi connectivity index (χ2v) is 4.65. The Kier molecular flexibility index (Phi) is 2.64. The third-order valence-corrected chi connectivity index (χ3v) is 3.44. The Hall–Kier alpha value is -1.14. The van der Waals surface area contributed by atoms with Crippen LogP contribution in [0.25, 0.3) is 0 Å². The molecule has 0 saturated carbocycles. The highest BCUT2D eigenvalue weighted by molar-refractivity contribution is 8.01. The molecule has 6 heteroatoms. The van der Waals surface area contributed by atoms with E-state index in [1.807, 2.05) is 17.5 Å². The van der Waals surface area contributed by atoms with E-state index in [1.54, 1.807) is 0 Å². The predicted molar refractivity (Wildman–Crippen MR) is 54.8 cm³/mol. The molecule has 0 aromatic carbocycles. The summed E-state index contributed by atoms with van der Waals surface area (Å²) in [6.45, 7) is 0. The quantitative estimate of drug-likeness (QED) is 0.800. The lowest BCUT2D eigenvalue weighted by Crippen LogP contribution is -1.97. The van der Waals surface area contributed by atoms with E-state index in [0.717, 1.165) is 10.4 Å². The van der Waals surface area contributed by atoms with E-state index in [9.17, 15) is 4.39 Å². The maximum Gasteiger partial charge on any atom is 0.221 e. The van der Waals surface area contributed by atoms with E-state index < -0.39 is 5.82 Å². The molecule has 0 aliphatic heterocycles. The minimum Gasteiger partial charge on any atom is -0.368 e. The monoisotopic (exact) mass is 227 g/mol. The number of anilines is 1. The van der Waals surface area contributed by atoms with Gasteiger partial charge in [0.25, 0.3) is 0 Å². The molecule has 72 valence electrons. The van der Waals surface area contributed by atoms with Crippen molar-refractivity contribution in [3.8, 4) is 0 Å². The summed E-state index contributed by atoms with van der Waals surface area (Å²) in [5.41, 5.74) is 5.36. The molecule has 0 atom stereocenters. The van der Waals surface area contributed by atoms with Gasteiger partial charge in [-0.1, -0.05) is 17.8 Å². The highest BCUT2D eigenvalue weighted by atomic mass is 32.2.